The minimum atomic E-state index is -0.317. The van der Waals surface area contributed by atoms with E-state index in [0.29, 0.717) is 22.6 Å². The summed E-state index contributed by atoms with van der Waals surface area (Å²) in [7, 11) is 0. The van der Waals surface area contributed by atoms with Gasteiger partial charge in [-0.2, -0.15) is 0 Å². The van der Waals surface area contributed by atoms with E-state index in [-0.39, 0.29) is 36.2 Å². The molecule has 5 nitrogen and oxygen atoms in total. The van der Waals surface area contributed by atoms with E-state index in [1.54, 1.807) is 41.3 Å². The molecule has 3 aromatic carbocycles. The molecule has 0 saturated carbocycles. The Hall–Kier alpha value is -3.44. The highest BCUT2D eigenvalue weighted by molar-refractivity contribution is 6.30. The Morgan fingerprint density at radius 1 is 0.742 bits per heavy atom. The number of imide groups is 1. The molecular formula is C25H19ClN2O3. The molecule has 0 aromatic heterocycles. The van der Waals surface area contributed by atoms with Crippen molar-refractivity contribution >= 4 is 35.0 Å². The Balaban J connectivity index is 1.39. The second kappa shape index (κ2) is 7.67. The maximum absolute atomic E-state index is 13.1. The molecule has 31 heavy (non-hydrogen) atoms. The van der Waals surface area contributed by atoms with Crippen molar-refractivity contribution in [3.63, 3.8) is 0 Å². The maximum atomic E-state index is 13.1. The molecule has 0 aliphatic carbocycles. The molecule has 1 saturated heterocycles. The highest BCUT2D eigenvalue weighted by atomic mass is 35.5. The van der Waals surface area contributed by atoms with Crippen molar-refractivity contribution in [3.8, 4) is 0 Å². The zero-order chi connectivity index (χ0) is 21.5. The molecule has 2 aliphatic heterocycles. The predicted molar refractivity (Wildman–Crippen MR) is 118 cm³/mol. The van der Waals surface area contributed by atoms with Gasteiger partial charge in [-0.15, -0.1) is 0 Å². The molecule has 0 spiro atoms. The third kappa shape index (κ3) is 3.22. The Morgan fingerprint density at radius 2 is 1.32 bits per heavy atom. The third-order valence-electron chi connectivity index (χ3n) is 6.00. The minimum Gasteiger partial charge on any atom is -0.304 e. The fourth-order valence-electron chi connectivity index (χ4n) is 4.46. The highest BCUT2D eigenvalue weighted by Crippen LogP contribution is 2.45. The van der Waals surface area contributed by atoms with Gasteiger partial charge >= 0.3 is 0 Å². The van der Waals surface area contributed by atoms with Crippen LogP contribution in [0.1, 0.15) is 38.7 Å². The second-order valence-electron chi connectivity index (χ2n) is 7.74. The van der Waals surface area contributed by atoms with E-state index in [1.807, 2.05) is 42.5 Å². The van der Waals surface area contributed by atoms with Crippen LogP contribution in [-0.2, 0) is 4.79 Å². The molecule has 0 unspecified atom stereocenters. The lowest BCUT2D eigenvalue weighted by atomic mass is 9.79. The molecule has 0 radical (unpaired) electrons. The molecule has 6 heteroatoms. The van der Waals surface area contributed by atoms with E-state index in [1.165, 1.54) is 4.90 Å². The van der Waals surface area contributed by atoms with E-state index in [9.17, 15) is 14.4 Å². The number of β-lactam (4-membered cyclic amide) rings is 1. The number of nitrogens with zero attached hydrogens (tertiary/aromatic N) is 2. The van der Waals surface area contributed by atoms with Gasteiger partial charge in [0.25, 0.3) is 11.8 Å². The quantitative estimate of drug-likeness (QED) is 0.434. The molecular weight excluding hydrogens is 412 g/mol. The zero-order valence-electron chi connectivity index (χ0n) is 16.6. The first kappa shape index (κ1) is 19.5. The van der Waals surface area contributed by atoms with Crippen molar-refractivity contribution in [1.29, 1.82) is 0 Å². The summed E-state index contributed by atoms with van der Waals surface area (Å²) in [5.74, 6) is -0.924. The molecule has 5 rings (SSSR count). The van der Waals surface area contributed by atoms with Crippen LogP contribution in [0.4, 0.5) is 5.69 Å². The van der Waals surface area contributed by atoms with Crippen LogP contribution < -0.4 is 4.90 Å². The predicted octanol–water partition coefficient (Wildman–Crippen LogP) is 4.73. The molecule has 3 aromatic rings. The number of rotatable bonds is 5. The topological polar surface area (TPSA) is 57.7 Å². The minimum absolute atomic E-state index is 0.0206. The summed E-state index contributed by atoms with van der Waals surface area (Å²) in [5, 5.41) is 0.607. The van der Waals surface area contributed by atoms with Gasteiger partial charge in [0.1, 0.15) is 0 Å². The monoisotopic (exact) mass is 430 g/mol. The summed E-state index contributed by atoms with van der Waals surface area (Å²) in [6.45, 7) is 0.209. The van der Waals surface area contributed by atoms with Crippen LogP contribution in [-0.4, -0.2) is 29.2 Å². The van der Waals surface area contributed by atoms with Gasteiger partial charge in [0.05, 0.1) is 23.1 Å². The van der Waals surface area contributed by atoms with Gasteiger partial charge in [0.2, 0.25) is 5.91 Å². The van der Waals surface area contributed by atoms with Gasteiger partial charge < -0.3 is 4.90 Å². The number of carbonyl (C=O) groups excluding carboxylic acids is 3. The van der Waals surface area contributed by atoms with Crippen LogP contribution >= 0.6 is 11.6 Å². The van der Waals surface area contributed by atoms with Crippen LogP contribution in [0.15, 0.2) is 78.9 Å². The SMILES string of the molecule is O=C1c2ccccc2C(=O)N1CC[C@H]1C(=O)N(c2ccc(Cl)cc2)[C@@H]1c1ccccc1. The summed E-state index contributed by atoms with van der Waals surface area (Å²) in [6, 6.07) is 23.7. The molecule has 0 N–H and O–H groups in total. The largest absolute Gasteiger partial charge is 0.304 e. The van der Waals surface area contributed by atoms with Gasteiger partial charge in [-0.1, -0.05) is 54.1 Å². The maximum Gasteiger partial charge on any atom is 0.261 e. The van der Waals surface area contributed by atoms with Crippen molar-refractivity contribution in [3.05, 3.63) is 101 Å². The summed E-state index contributed by atoms with van der Waals surface area (Å²) >= 11 is 6.01. The molecule has 0 bridgehead atoms. The lowest BCUT2D eigenvalue weighted by molar-refractivity contribution is -0.130. The third-order valence-corrected chi connectivity index (χ3v) is 6.25. The molecule has 154 valence electrons. The van der Waals surface area contributed by atoms with E-state index >= 15 is 0 Å². The number of anilines is 1. The van der Waals surface area contributed by atoms with Gasteiger partial charge in [0.15, 0.2) is 0 Å². The lowest BCUT2D eigenvalue weighted by Gasteiger charge is -2.48. The number of fused-ring (bicyclic) bond motifs is 1. The summed E-state index contributed by atoms with van der Waals surface area (Å²) in [6.07, 6.45) is 0.411. The number of halogens is 1. The van der Waals surface area contributed by atoms with Crippen molar-refractivity contribution in [2.75, 3.05) is 11.4 Å². The first-order valence-electron chi connectivity index (χ1n) is 10.1. The fourth-order valence-corrected chi connectivity index (χ4v) is 4.59. The summed E-state index contributed by atoms with van der Waals surface area (Å²) in [5.41, 5.74) is 2.65. The summed E-state index contributed by atoms with van der Waals surface area (Å²) < 4.78 is 0. The Labute approximate surface area is 184 Å². The number of hydrogen-bond acceptors (Lipinski definition) is 3. The van der Waals surface area contributed by atoms with Crippen LogP contribution in [0.5, 0.6) is 0 Å². The van der Waals surface area contributed by atoms with E-state index in [0.717, 1.165) is 11.3 Å². The van der Waals surface area contributed by atoms with Crippen LogP contribution in [0.3, 0.4) is 0 Å². The molecule has 1 fully saturated rings. The van der Waals surface area contributed by atoms with E-state index in [4.69, 9.17) is 11.6 Å². The average molecular weight is 431 g/mol. The van der Waals surface area contributed by atoms with E-state index < -0.39 is 0 Å². The number of benzene rings is 3. The summed E-state index contributed by atoms with van der Waals surface area (Å²) in [4.78, 5) is 41.5. The second-order valence-corrected chi connectivity index (χ2v) is 8.18. The Kier molecular flexibility index (Phi) is 4.83. The number of amides is 3. The average Bonchev–Trinajstić information content (AvgIpc) is 3.04. The zero-order valence-corrected chi connectivity index (χ0v) is 17.3. The van der Waals surface area contributed by atoms with Gasteiger partial charge in [-0.25, -0.2) is 0 Å². The van der Waals surface area contributed by atoms with Crippen LogP contribution in [0.2, 0.25) is 5.02 Å². The smallest absolute Gasteiger partial charge is 0.261 e. The fraction of sp³-hybridized carbons (Fsp3) is 0.160. The van der Waals surface area contributed by atoms with E-state index in [2.05, 4.69) is 0 Å². The Bertz CT molecular complexity index is 1140. The van der Waals surface area contributed by atoms with Gasteiger partial charge in [-0.05, 0) is 48.4 Å². The molecule has 3 amide bonds. The Morgan fingerprint density at radius 3 is 1.94 bits per heavy atom. The highest BCUT2D eigenvalue weighted by Gasteiger charge is 2.49. The van der Waals surface area contributed by atoms with Crippen molar-refractivity contribution in [2.45, 2.75) is 12.5 Å². The van der Waals surface area contributed by atoms with Gasteiger partial charge in [0, 0.05) is 17.3 Å². The number of hydrogen-bond donors (Lipinski definition) is 0. The van der Waals surface area contributed by atoms with Crippen molar-refractivity contribution in [2.24, 2.45) is 5.92 Å². The first-order valence-corrected chi connectivity index (χ1v) is 10.5. The molecule has 2 heterocycles. The van der Waals surface area contributed by atoms with Crippen molar-refractivity contribution in [1.82, 2.24) is 4.90 Å². The number of carbonyl (C=O) groups is 3. The first-order chi connectivity index (χ1) is 15.1. The molecule has 2 atom stereocenters. The van der Waals surface area contributed by atoms with Crippen LogP contribution in [0, 0.1) is 5.92 Å². The normalized spacial score (nSPS) is 20.1. The lowest BCUT2D eigenvalue weighted by Crippen LogP contribution is -2.56. The van der Waals surface area contributed by atoms with Crippen LogP contribution in [0.25, 0.3) is 0 Å². The standard InChI is InChI=1S/C25H19ClN2O3/c26-17-10-12-18(13-11-17)28-22(16-6-2-1-3-7-16)21(25(28)31)14-15-27-23(29)19-8-4-5-9-20(19)24(27)30/h1-13,21-22H,14-15H2/t21-,22-/m1/s1. The van der Waals surface area contributed by atoms with Crippen molar-refractivity contribution < 1.29 is 14.4 Å². The molecule has 2 aliphatic rings. The van der Waals surface area contributed by atoms with Gasteiger partial charge in [-0.3, -0.25) is 19.3 Å².